The summed E-state index contributed by atoms with van der Waals surface area (Å²) in [4.78, 5) is 13.4. The average Bonchev–Trinajstić information content (AvgIpc) is 2.49. The number of carbonyl (C=O) groups is 1. The number of carbonyl (C=O) groups excluding carboxylic acids is 1. The van der Waals surface area contributed by atoms with E-state index in [4.69, 9.17) is 0 Å². The molecule has 0 radical (unpaired) electrons. The highest BCUT2D eigenvalue weighted by atomic mass is 16.3. The van der Waals surface area contributed by atoms with E-state index in [2.05, 4.69) is 0 Å². The fourth-order valence-corrected chi connectivity index (χ4v) is 1.85. The van der Waals surface area contributed by atoms with Crippen LogP contribution in [0.1, 0.15) is 26.7 Å². The molecule has 1 saturated heterocycles. The monoisotopic (exact) mass is 201 g/mol. The molecule has 0 aliphatic carbocycles. The van der Waals surface area contributed by atoms with Crippen molar-refractivity contribution in [2.45, 2.75) is 38.9 Å². The Morgan fingerprint density at radius 2 is 1.71 bits per heavy atom. The van der Waals surface area contributed by atoms with Gasteiger partial charge < -0.3 is 15.1 Å². The summed E-state index contributed by atoms with van der Waals surface area (Å²) >= 11 is 0. The van der Waals surface area contributed by atoms with Gasteiger partial charge in [0.05, 0.1) is 12.2 Å². The predicted octanol–water partition coefficient (Wildman–Crippen LogP) is -0.0134. The molecule has 0 saturated carbocycles. The summed E-state index contributed by atoms with van der Waals surface area (Å²) in [5, 5.41) is 18.6. The third-order valence-electron chi connectivity index (χ3n) is 2.91. The van der Waals surface area contributed by atoms with E-state index < -0.39 is 12.2 Å². The Bertz CT molecular complexity index is 194. The lowest BCUT2D eigenvalue weighted by Gasteiger charge is -2.20. The topological polar surface area (TPSA) is 60.8 Å². The van der Waals surface area contributed by atoms with Gasteiger partial charge in [-0.1, -0.05) is 13.8 Å². The van der Waals surface area contributed by atoms with E-state index >= 15 is 0 Å². The van der Waals surface area contributed by atoms with Crippen molar-refractivity contribution < 1.29 is 15.0 Å². The number of rotatable bonds is 3. The first-order valence-electron chi connectivity index (χ1n) is 5.25. The van der Waals surface area contributed by atoms with Crippen LogP contribution in [0.5, 0.6) is 0 Å². The molecular formula is C10H19NO3. The zero-order valence-corrected chi connectivity index (χ0v) is 8.81. The van der Waals surface area contributed by atoms with Crippen LogP contribution in [0.3, 0.4) is 0 Å². The summed E-state index contributed by atoms with van der Waals surface area (Å²) in [6, 6.07) is 0. The second-order valence-corrected chi connectivity index (χ2v) is 3.89. The first kappa shape index (κ1) is 11.5. The van der Waals surface area contributed by atoms with Gasteiger partial charge in [0, 0.05) is 19.0 Å². The van der Waals surface area contributed by atoms with Crippen LogP contribution in [0.4, 0.5) is 0 Å². The van der Waals surface area contributed by atoms with E-state index in [1.54, 1.807) is 4.90 Å². The molecule has 1 amide bonds. The molecule has 0 aromatic heterocycles. The van der Waals surface area contributed by atoms with Gasteiger partial charge in [-0.05, 0) is 12.8 Å². The molecule has 2 unspecified atom stereocenters. The Kier molecular flexibility index (Phi) is 3.89. The van der Waals surface area contributed by atoms with Gasteiger partial charge in [0.2, 0.25) is 5.91 Å². The highest BCUT2D eigenvalue weighted by Gasteiger charge is 2.34. The Balaban J connectivity index is 2.54. The minimum absolute atomic E-state index is 0.0347. The summed E-state index contributed by atoms with van der Waals surface area (Å²) < 4.78 is 0. The van der Waals surface area contributed by atoms with Crippen molar-refractivity contribution in [1.82, 2.24) is 4.90 Å². The molecule has 1 aliphatic rings. The summed E-state index contributed by atoms with van der Waals surface area (Å²) in [6.07, 6.45) is 0.0948. The minimum atomic E-state index is -0.770. The lowest BCUT2D eigenvalue weighted by molar-refractivity contribution is -0.135. The maximum absolute atomic E-state index is 11.8. The number of aliphatic hydroxyl groups is 2. The largest absolute Gasteiger partial charge is 0.388 e. The number of likely N-dealkylation sites (tertiary alicyclic amines) is 1. The van der Waals surface area contributed by atoms with E-state index in [0.29, 0.717) is 0 Å². The van der Waals surface area contributed by atoms with Crippen molar-refractivity contribution in [2.75, 3.05) is 13.1 Å². The molecule has 82 valence electrons. The zero-order chi connectivity index (χ0) is 10.7. The molecule has 1 heterocycles. The van der Waals surface area contributed by atoms with Crippen LogP contribution in [0, 0.1) is 5.92 Å². The fourth-order valence-electron chi connectivity index (χ4n) is 1.85. The third-order valence-corrected chi connectivity index (χ3v) is 2.91. The molecule has 2 N–H and O–H groups in total. The van der Waals surface area contributed by atoms with Gasteiger partial charge in [-0.3, -0.25) is 4.79 Å². The Labute approximate surface area is 84.5 Å². The fraction of sp³-hybridized carbons (Fsp3) is 0.900. The van der Waals surface area contributed by atoms with Crippen LogP contribution < -0.4 is 0 Å². The van der Waals surface area contributed by atoms with Gasteiger partial charge in [0.1, 0.15) is 0 Å². The summed E-state index contributed by atoms with van der Waals surface area (Å²) in [7, 11) is 0. The van der Waals surface area contributed by atoms with Crippen LogP contribution >= 0.6 is 0 Å². The molecule has 0 bridgehead atoms. The molecule has 14 heavy (non-hydrogen) atoms. The zero-order valence-electron chi connectivity index (χ0n) is 8.81. The van der Waals surface area contributed by atoms with Gasteiger partial charge in [-0.25, -0.2) is 0 Å². The smallest absolute Gasteiger partial charge is 0.225 e. The second kappa shape index (κ2) is 4.75. The van der Waals surface area contributed by atoms with E-state index in [1.807, 2.05) is 13.8 Å². The van der Waals surface area contributed by atoms with Gasteiger partial charge in [0.15, 0.2) is 0 Å². The minimum Gasteiger partial charge on any atom is -0.388 e. The van der Waals surface area contributed by atoms with Crippen LogP contribution in [0.15, 0.2) is 0 Å². The lowest BCUT2D eigenvalue weighted by Crippen LogP contribution is -2.34. The van der Waals surface area contributed by atoms with Crippen LogP contribution in [0.2, 0.25) is 0 Å². The SMILES string of the molecule is CCC(CC)C(=O)N1CC(O)C(O)C1. The van der Waals surface area contributed by atoms with E-state index in [0.717, 1.165) is 12.8 Å². The highest BCUT2D eigenvalue weighted by molar-refractivity contribution is 5.79. The summed E-state index contributed by atoms with van der Waals surface area (Å²) in [6.45, 7) is 4.51. The first-order chi connectivity index (χ1) is 6.60. The Morgan fingerprint density at radius 1 is 1.29 bits per heavy atom. The number of aliphatic hydroxyl groups excluding tert-OH is 2. The predicted molar refractivity (Wildman–Crippen MR) is 52.7 cm³/mol. The molecule has 0 aromatic carbocycles. The van der Waals surface area contributed by atoms with E-state index in [1.165, 1.54) is 0 Å². The van der Waals surface area contributed by atoms with Gasteiger partial charge >= 0.3 is 0 Å². The van der Waals surface area contributed by atoms with Gasteiger partial charge in [-0.15, -0.1) is 0 Å². The molecule has 4 heteroatoms. The molecule has 1 rings (SSSR count). The molecule has 4 nitrogen and oxygen atoms in total. The van der Waals surface area contributed by atoms with Crippen molar-refractivity contribution in [3.63, 3.8) is 0 Å². The molecule has 0 aromatic rings. The number of hydrogen-bond donors (Lipinski definition) is 2. The maximum Gasteiger partial charge on any atom is 0.225 e. The number of hydrogen-bond acceptors (Lipinski definition) is 3. The Morgan fingerprint density at radius 3 is 2.07 bits per heavy atom. The standard InChI is InChI=1S/C10H19NO3/c1-3-7(4-2)10(14)11-5-8(12)9(13)6-11/h7-9,12-13H,3-6H2,1-2H3. The highest BCUT2D eigenvalue weighted by Crippen LogP contribution is 2.17. The third kappa shape index (κ3) is 2.25. The number of nitrogens with zero attached hydrogens (tertiary/aromatic N) is 1. The Hall–Kier alpha value is -0.610. The average molecular weight is 201 g/mol. The normalized spacial score (nSPS) is 27.4. The maximum atomic E-state index is 11.8. The molecule has 1 fully saturated rings. The summed E-state index contributed by atoms with van der Waals surface area (Å²) in [5.74, 6) is 0.0955. The van der Waals surface area contributed by atoms with Crippen molar-refractivity contribution in [3.05, 3.63) is 0 Å². The lowest BCUT2D eigenvalue weighted by atomic mass is 10.0. The quantitative estimate of drug-likeness (QED) is 0.675. The van der Waals surface area contributed by atoms with Crippen molar-refractivity contribution in [2.24, 2.45) is 5.92 Å². The molecule has 0 spiro atoms. The molecule has 1 aliphatic heterocycles. The van der Waals surface area contributed by atoms with Gasteiger partial charge in [0.25, 0.3) is 0 Å². The van der Waals surface area contributed by atoms with Crippen molar-refractivity contribution in [1.29, 1.82) is 0 Å². The van der Waals surface area contributed by atoms with Crippen LogP contribution in [-0.2, 0) is 4.79 Å². The number of β-amino-alcohol motifs (C(OH)–C–C–N with tert-alkyl or cyclic N) is 2. The van der Waals surface area contributed by atoms with E-state index in [9.17, 15) is 15.0 Å². The van der Waals surface area contributed by atoms with Crippen molar-refractivity contribution in [3.8, 4) is 0 Å². The van der Waals surface area contributed by atoms with E-state index in [-0.39, 0.29) is 24.9 Å². The first-order valence-corrected chi connectivity index (χ1v) is 5.25. The second-order valence-electron chi connectivity index (χ2n) is 3.89. The van der Waals surface area contributed by atoms with Crippen molar-refractivity contribution >= 4 is 5.91 Å². The number of amides is 1. The van der Waals surface area contributed by atoms with Gasteiger partial charge in [-0.2, -0.15) is 0 Å². The molecule has 2 atom stereocenters. The molecular weight excluding hydrogens is 182 g/mol. The van der Waals surface area contributed by atoms with Crippen LogP contribution in [-0.4, -0.2) is 46.3 Å². The summed E-state index contributed by atoms with van der Waals surface area (Å²) in [5.41, 5.74) is 0. The van der Waals surface area contributed by atoms with Crippen LogP contribution in [0.25, 0.3) is 0 Å².